The lowest BCUT2D eigenvalue weighted by Crippen LogP contribution is -2.43. The minimum absolute atomic E-state index is 0.00968. The number of imidazole rings is 1. The van der Waals surface area contributed by atoms with Crippen molar-refractivity contribution >= 4 is 16.9 Å². The maximum absolute atomic E-state index is 13.1. The molecule has 2 aromatic heterocycles. The number of nitrogens with two attached hydrogens (primary N) is 1. The number of amides is 1. The van der Waals surface area contributed by atoms with E-state index in [-0.39, 0.29) is 31.4 Å². The summed E-state index contributed by atoms with van der Waals surface area (Å²) in [5.41, 5.74) is 9.42. The van der Waals surface area contributed by atoms with Crippen LogP contribution in [0.2, 0.25) is 0 Å². The first-order valence-corrected chi connectivity index (χ1v) is 13.4. The lowest BCUT2D eigenvalue weighted by atomic mass is 10.0. The maximum atomic E-state index is 13.1. The minimum atomic E-state index is -0.740. The normalized spacial score (nSPS) is 15.1. The van der Waals surface area contributed by atoms with E-state index >= 15 is 0 Å². The molecule has 0 aliphatic carbocycles. The molecule has 3 aromatic rings. The predicted octanol–water partition coefficient (Wildman–Crippen LogP) is 2.03. The molecule has 4 rings (SSSR count). The summed E-state index contributed by atoms with van der Waals surface area (Å²) in [5.74, 6) is 1.89. The summed E-state index contributed by atoms with van der Waals surface area (Å²) in [5, 5.41) is 20.2. The fourth-order valence-electron chi connectivity index (χ4n) is 5.14. The van der Waals surface area contributed by atoms with E-state index in [0.717, 1.165) is 61.7 Å². The van der Waals surface area contributed by atoms with Crippen LogP contribution in [0.25, 0.3) is 11.0 Å². The summed E-state index contributed by atoms with van der Waals surface area (Å²) in [4.78, 5) is 18.9. The number of aliphatic hydroxyl groups is 1. The molecule has 0 spiro atoms. The quantitative estimate of drug-likeness (QED) is 0.326. The molecule has 10 nitrogen and oxygen atoms in total. The molecule has 0 saturated carbocycles. The Balaban J connectivity index is 1.52. The average molecular weight is 527 g/mol. The molecule has 1 atom stereocenters. The summed E-state index contributed by atoms with van der Waals surface area (Å²) in [7, 11) is 0. The number of benzene rings is 1. The molecular formula is C28H40N5O5+. The van der Waals surface area contributed by atoms with E-state index in [1.807, 2.05) is 25.1 Å². The molecule has 206 valence electrons. The van der Waals surface area contributed by atoms with Gasteiger partial charge in [-0.3, -0.25) is 9.78 Å². The van der Waals surface area contributed by atoms with Crippen LogP contribution in [0.4, 0.5) is 0 Å². The molecule has 1 fully saturated rings. The summed E-state index contributed by atoms with van der Waals surface area (Å²) >= 11 is 0. The molecule has 3 heterocycles. The fraction of sp³-hybridized carbons (Fsp3) is 0.536. The van der Waals surface area contributed by atoms with E-state index in [1.54, 1.807) is 19.1 Å². The van der Waals surface area contributed by atoms with Gasteiger partial charge in [-0.25, -0.2) is 9.13 Å². The van der Waals surface area contributed by atoms with Gasteiger partial charge in [-0.05, 0) is 57.9 Å². The van der Waals surface area contributed by atoms with Gasteiger partial charge in [-0.2, -0.15) is 0 Å². The second-order valence-electron chi connectivity index (χ2n) is 10.0. The van der Waals surface area contributed by atoms with Crippen molar-refractivity contribution in [3.63, 3.8) is 0 Å². The zero-order chi connectivity index (χ0) is 27.2. The van der Waals surface area contributed by atoms with Crippen LogP contribution in [-0.2, 0) is 35.7 Å². The largest absolute Gasteiger partial charge is 0.506 e. The molecule has 0 unspecified atom stereocenters. The van der Waals surface area contributed by atoms with E-state index < -0.39 is 6.10 Å². The van der Waals surface area contributed by atoms with E-state index in [4.69, 9.17) is 15.2 Å². The topological polar surface area (TPSA) is 127 Å². The molecular weight excluding hydrogens is 486 g/mol. The number of ether oxygens (including phenoxy) is 2. The van der Waals surface area contributed by atoms with Gasteiger partial charge in [0, 0.05) is 37.4 Å². The minimum Gasteiger partial charge on any atom is -0.506 e. The van der Waals surface area contributed by atoms with Gasteiger partial charge in [0.05, 0.1) is 32.3 Å². The standard InChI is InChI=1S/C28H39N5O5/c1-4-32-25-13-22(6-7-24(25)33(27(32)14-29)16-21-9-11-37-12-10-21)38-18-28(36)31(15-20(3)34)17-23-26(35)8-5-19(2)30-23/h5-8,13,20-21,34H,4,9-12,14-18,29H2,1-3H3/p+1/t20-/m0/s1. The highest BCUT2D eigenvalue weighted by Gasteiger charge is 2.27. The van der Waals surface area contributed by atoms with Gasteiger partial charge in [-0.1, -0.05) is 0 Å². The smallest absolute Gasteiger partial charge is 0.271 e. The number of carbonyl (C=O) groups excluding carboxylic acids is 1. The molecule has 0 bridgehead atoms. The molecule has 0 radical (unpaired) electrons. The third-order valence-corrected chi connectivity index (χ3v) is 7.06. The number of fused-ring (bicyclic) bond motifs is 1. The van der Waals surface area contributed by atoms with Crippen molar-refractivity contribution < 1.29 is 29.0 Å². The highest BCUT2D eigenvalue weighted by atomic mass is 16.5. The van der Waals surface area contributed by atoms with Crippen LogP contribution < -0.4 is 15.0 Å². The predicted molar refractivity (Wildman–Crippen MR) is 142 cm³/mol. The number of carbonyl (C=O) groups is 1. The molecule has 1 saturated heterocycles. The van der Waals surface area contributed by atoms with Crippen LogP contribution in [0.15, 0.2) is 30.3 Å². The number of nitrogens with zero attached hydrogens (tertiary/aromatic N) is 4. The molecule has 1 aromatic carbocycles. The van der Waals surface area contributed by atoms with Crippen molar-refractivity contribution in [1.82, 2.24) is 14.5 Å². The number of hydrogen-bond donors (Lipinski definition) is 3. The molecule has 38 heavy (non-hydrogen) atoms. The van der Waals surface area contributed by atoms with E-state index in [9.17, 15) is 15.0 Å². The molecule has 4 N–H and O–H groups in total. The molecule has 10 heteroatoms. The fourth-order valence-corrected chi connectivity index (χ4v) is 5.14. The number of pyridine rings is 1. The Hall–Kier alpha value is -3.21. The molecule has 1 amide bonds. The van der Waals surface area contributed by atoms with Gasteiger partial charge >= 0.3 is 0 Å². The van der Waals surface area contributed by atoms with Gasteiger partial charge in [-0.15, -0.1) is 0 Å². The van der Waals surface area contributed by atoms with Crippen LogP contribution in [0.5, 0.6) is 11.5 Å². The zero-order valence-corrected chi connectivity index (χ0v) is 22.6. The Morgan fingerprint density at radius 2 is 2.08 bits per heavy atom. The van der Waals surface area contributed by atoms with Gasteiger partial charge in [0.15, 0.2) is 17.6 Å². The number of hydrogen-bond acceptors (Lipinski definition) is 7. The summed E-state index contributed by atoms with van der Waals surface area (Å²) < 4.78 is 16.0. The zero-order valence-electron chi connectivity index (χ0n) is 22.6. The van der Waals surface area contributed by atoms with Crippen LogP contribution >= 0.6 is 0 Å². The highest BCUT2D eigenvalue weighted by Crippen LogP contribution is 2.24. The third-order valence-electron chi connectivity index (χ3n) is 7.06. The van der Waals surface area contributed by atoms with Crippen molar-refractivity contribution in [2.45, 2.75) is 65.9 Å². The first-order valence-electron chi connectivity index (χ1n) is 13.4. The summed E-state index contributed by atoms with van der Waals surface area (Å²) in [6.07, 6.45) is 1.34. The number of aliphatic hydroxyl groups excluding tert-OH is 1. The van der Waals surface area contributed by atoms with E-state index in [2.05, 4.69) is 21.0 Å². The third kappa shape index (κ3) is 6.43. The van der Waals surface area contributed by atoms with Gasteiger partial charge < -0.3 is 30.3 Å². The first-order chi connectivity index (χ1) is 18.3. The van der Waals surface area contributed by atoms with Crippen molar-refractivity contribution in [2.75, 3.05) is 26.4 Å². The Bertz CT molecular complexity index is 1250. The number of aromatic hydroxyl groups is 1. The van der Waals surface area contributed by atoms with Gasteiger partial charge in [0.25, 0.3) is 11.7 Å². The number of aryl methyl sites for hydroxylation is 2. The Morgan fingerprint density at radius 1 is 1.32 bits per heavy atom. The van der Waals surface area contributed by atoms with Gasteiger partial charge in [0.1, 0.15) is 17.2 Å². The van der Waals surface area contributed by atoms with Crippen molar-refractivity contribution in [3.8, 4) is 11.5 Å². The second-order valence-corrected chi connectivity index (χ2v) is 10.0. The highest BCUT2D eigenvalue weighted by molar-refractivity contribution is 5.78. The maximum Gasteiger partial charge on any atom is 0.271 e. The Kier molecular flexibility index (Phi) is 9.19. The number of aromatic nitrogens is 3. The monoisotopic (exact) mass is 526 g/mol. The first kappa shape index (κ1) is 27.8. The molecule has 1 aliphatic heterocycles. The second kappa shape index (κ2) is 12.6. The average Bonchev–Trinajstić information content (AvgIpc) is 3.20. The summed E-state index contributed by atoms with van der Waals surface area (Å²) in [6.45, 7) is 9.18. The van der Waals surface area contributed by atoms with Crippen LogP contribution in [-0.4, -0.2) is 63.0 Å². The van der Waals surface area contributed by atoms with Crippen molar-refractivity contribution in [3.05, 3.63) is 47.5 Å². The summed E-state index contributed by atoms with van der Waals surface area (Å²) in [6, 6.07) is 9.12. The lowest BCUT2D eigenvalue weighted by molar-refractivity contribution is -0.687. The van der Waals surface area contributed by atoms with Crippen LogP contribution in [0.3, 0.4) is 0 Å². The van der Waals surface area contributed by atoms with E-state index in [1.165, 1.54) is 4.90 Å². The van der Waals surface area contributed by atoms with Gasteiger partial charge in [0.2, 0.25) is 0 Å². The van der Waals surface area contributed by atoms with Crippen molar-refractivity contribution in [2.24, 2.45) is 11.7 Å². The Labute approximate surface area is 223 Å². The van der Waals surface area contributed by atoms with Crippen molar-refractivity contribution in [1.29, 1.82) is 0 Å². The van der Waals surface area contributed by atoms with Crippen LogP contribution in [0.1, 0.15) is 43.9 Å². The SMILES string of the molecule is CCn1c(CN)[n+](CC2CCOCC2)c2ccc(OCC(=O)N(Cc3nc(C)ccc3O)C[C@H](C)O)cc21. The van der Waals surface area contributed by atoms with E-state index in [0.29, 0.717) is 23.9 Å². The van der Waals surface area contributed by atoms with Crippen LogP contribution in [0, 0.1) is 12.8 Å². The number of rotatable bonds is 11. The Morgan fingerprint density at radius 3 is 2.76 bits per heavy atom. The molecule has 1 aliphatic rings. The lowest BCUT2D eigenvalue weighted by Gasteiger charge is -2.24.